The largest absolute Gasteiger partial charge is 0.451 e. The predicted molar refractivity (Wildman–Crippen MR) is 124 cm³/mol. The van der Waals surface area contributed by atoms with Crippen LogP contribution in [0.15, 0.2) is 53.8 Å². The number of hydrogen-bond donors (Lipinski definition) is 1. The van der Waals surface area contributed by atoms with Crippen molar-refractivity contribution < 1.29 is 35.2 Å². The SMILES string of the molecule is CC1C(C#N)CC(C(=O)NCc2cc(-c3cnc(C(F)(F)F)nc3)ncc2F)N1S(=O)(=O)c1ccc(F)cc1. The summed E-state index contributed by atoms with van der Waals surface area (Å²) in [5.74, 6) is -4.48. The number of sulfonamides is 1. The van der Waals surface area contributed by atoms with Gasteiger partial charge in [0.2, 0.25) is 21.8 Å². The van der Waals surface area contributed by atoms with E-state index in [-0.39, 0.29) is 28.1 Å². The second-order valence-corrected chi connectivity index (χ2v) is 10.5. The van der Waals surface area contributed by atoms with Gasteiger partial charge in [0.25, 0.3) is 0 Å². The summed E-state index contributed by atoms with van der Waals surface area (Å²) in [6.45, 7) is 1.05. The fourth-order valence-electron chi connectivity index (χ4n) is 4.18. The van der Waals surface area contributed by atoms with Gasteiger partial charge in [-0.2, -0.15) is 22.7 Å². The number of nitrogens with zero attached hydrogens (tertiary/aromatic N) is 5. The van der Waals surface area contributed by atoms with Crippen LogP contribution in [-0.2, 0) is 27.5 Å². The molecule has 4 rings (SSSR count). The van der Waals surface area contributed by atoms with Crippen molar-refractivity contribution in [3.05, 3.63) is 71.9 Å². The maximum Gasteiger partial charge on any atom is 0.451 e. The summed E-state index contributed by atoms with van der Waals surface area (Å²) in [5.41, 5.74) is 0.00612. The third kappa shape index (κ3) is 5.71. The maximum atomic E-state index is 14.5. The summed E-state index contributed by atoms with van der Waals surface area (Å²) in [7, 11) is -4.31. The topological polar surface area (TPSA) is 129 Å². The molecule has 9 nitrogen and oxygen atoms in total. The number of benzene rings is 1. The minimum absolute atomic E-state index is 0.0360. The second-order valence-electron chi connectivity index (χ2n) is 8.69. The molecule has 3 unspecified atom stereocenters. The van der Waals surface area contributed by atoms with Crippen LogP contribution in [0.25, 0.3) is 11.3 Å². The Labute approximate surface area is 219 Å². The van der Waals surface area contributed by atoms with Crippen LogP contribution >= 0.6 is 0 Å². The van der Waals surface area contributed by atoms with Gasteiger partial charge in [-0.3, -0.25) is 9.78 Å². The zero-order valence-electron chi connectivity index (χ0n) is 20.0. The molecular formula is C24H19F5N6O3S. The minimum atomic E-state index is -4.75. The van der Waals surface area contributed by atoms with Crippen molar-refractivity contribution in [2.24, 2.45) is 5.92 Å². The number of pyridine rings is 1. The average Bonchev–Trinajstić information content (AvgIpc) is 3.25. The number of alkyl halides is 3. The van der Waals surface area contributed by atoms with Crippen LogP contribution in [0.4, 0.5) is 22.0 Å². The summed E-state index contributed by atoms with van der Waals surface area (Å²) in [5, 5.41) is 11.9. The summed E-state index contributed by atoms with van der Waals surface area (Å²) in [6.07, 6.45) is -2.32. The van der Waals surface area contributed by atoms with Crippen LogP contribution in [0, 0.1) is 28.9 Å². The van der Waals surface area contributed by atoms with Crippen LogP contribution < -0.4 is 5.32 Å². The molecule has 0 aliphatic carbocycles. The van der Waals surface area contributed by atoms with E-state index in [0.29, 0.717) is 0 Å². The highest BCUT2D eigenvalue weighted by molar-refractivity contribution is 7.89. The summed E-state index contributed by atoms with van der Waals surface area (Å²) in [6, 6.07) is 4.98. The van der Waals surface area contributed by atoms with E-state index in [0.717, 1.165) is 47.2 Å². The highest BCUT2D eigenvalue weighted by Crippen LogP contribution is 2.35. The Hall–Kier alpha value is -4.03. The first-order valence-electron chi connectivity index (χ1n) is 11.3. The third-order valence-electron chi connectivity index (χ3n) is 6.21. The zero-order chi connectivity index (χ0) is 28.5. The molecule has 1 saturated heterocycles. The molecule has 1 aliphatic heterocycles. The van der Waals surface area contributed by atoms with E-state index in [1.54, 1.807) is 0 Å². The van der Waals surface area contributed by atoms with Gasteiger partial charge in [-0.25, -0.2) is 27.2 Å². The first-order chi connectivity index (χ1) is 18.3. The Balaban J connectivity index is 1.55. The van der Waals surface area contributed by atoms with Crippen molar-refractivity contribution in [3.8, 4) is 17.3 Å². The van der Waals surface area contributed by atoms with Crippen LogP contribution in [0.5, 0.6) is 0 Å². The van der Waals surface area contributed by atoms with Gasteiger partial charge in [0.15, 0.2) is 0 Å². The van der Waals surface area contributed by atoms with Gasteiger partial charge in [-0.1, -0.05) is 0 Å². The lowest BCUT2D eigenvalue weighted by Crippen LogP contribution is -2.48. The van der Waals surface area contributed by atoms with E-state index in [9.17, 15) is 40.4 Å². The van der Waals surface area contributed by atoms with Crippen molar-refractivity contribution in [2.45, 2.75) is 43.0 Å². The van der Waals surface area contributed by atoms with Gasteiger partial charge in [0, 0.05) is 36.1 Å². The third-order valence-corrected chi connectivity index (χ3v) is 8.22. The van der Waals surface area contributed by atoms with Crippen molar-refractivity contribution in [1.82, 2.24) is 24.6 Å². The molecule has 0 spiro atoms. The predicted octanol–water partition coefficient (Wildman–Crippen LogP) is 3.44. The second kappa shape index (κ2) is 10.6. The minimum Gasteiger partial charge on any atom is -0.351 e. The molecule has 1 aliphatic rings. The van der Waals surface area contributed by atoms with Crippen molar-refractivity contribution >= 4 is 15.9 Å². The standard InChI is InChI=1S/C24H19F5N6O3S/c1-13-14(8-30)7-21(35(13)39(37,38)18-4-2-17(25)3-5-18)22(36)32-9-15-6-20(31-12-19(15)26)16-10-33-23(34-11-16)24(27,28)29/h2-6,10-14,21H,7,9H2,1H3,(H,32,36). The number of carbonyl (C=O) groups excluding carboxylic acids is 1. The summed E-state index contributed by atoms with van der Waals surface area (Å²) >= 11 is 0. The number of amides is 1. The van der Waals surface area contributed by atoms with Crippen LogP contribution in [0.3, 0.4) is 0 Å². The van der Waals surface area contributed by atoms with Crippen molar-refractivity contribution in [2.75, 3.05) is 0 Å². The number of carbonyl (C=O) groups is 1. The lowest BCUT2D eigenvalue weighted by Gasteiger charge is -2.27. The Morgan fingerprint density at radius 3 is 2.36 bits per heavy atom. The molecule has 3 atom stereocenters. The van der Waals surface area contributed by atoms with E-state index in [1.807, 2.05) is 6.07 Å². The number of nitriles is 1. The number of halogens is 5. The molecule has 1 amide bonds. The summed E-state index contributed by atoms with van der Waals surface area (Å²) < 4.78 is 93.5. The molecule has 39 heavy (non-hydrogen) atoms. The quantitative estimate of drug-likeness (QED) is 0.453. The fourth-order valence-corrected chi connectivity index (χ4v) is 6.01. The van der Waals surface area contributed by atoms with Gasteiger partial charge in [0.05, 0.1) is 28.8 Å². The number of hydrogen-bond acceptors (Lipinski definition) is 7. The average molecular weight is 567 g/mol. The molecule has 0 radical (unpaired) electrons. The molecule has 3 aromatic rings. The smallest absolute Gasteiger partial charge is 0.351 e. The highest BCUT2D eigenvalue weighted by Gasteiger charge is 2.49. The van der Waals surface area contributed by atoms with E-state index in [4.69, 9.17) is 0 Å². The van der Waals surface area contributed by atoms with E-state index >= 15 is 0 Å². The van der Waals surface area contributed by atoms with Crippen LogP contribution in [-0.4, -0.2) is 45.7 Å². The van der Waals surface area contributed by atoms with Crippen molar-refractivity contribution in [1.29, 1.82) is 5.26 Å². The first kappa shape index (κ1) is 28.0. The zero-order valence-corrected chi connectivity index (χ0v) is 20.8. The Morgan fingerprint density at radius 2 is 1.77 bits per heavy atom. The van der Waals surface area contributed by atoms with Crippen molar-refractivity contribution in [3.63, 3.8) is 0 Å². The Bertz CT molecular complexity index is 1530. The molecule has 15 heteroatoms. The van der Waals surface area contributed by atoms with Crippen LogP contribution in [0.1, 0.15) is 24.7 Å². The van der Waals surface area contributed by atoms with Gasteiger partial charge in [-0.05, 0) is 43.7 Å². The fraction of sp³-hybridized carbons (Fsp3) is 0.292. The molecule has 1 fully saturated rings. The number of aromatic nitrogens is 3. The molecule has 2 aromatic heterocycles. The van der Waals surface area contributed by atoms with Crippen LogP contribution in [0.2, 0.25) is 0 Å². The van der Waals surface area contributed by atoms with E-state index < -0.39 is 64.1 Å². The normalized spacial score (nSPS) is 20.0. The van der Waals surface area contributed by atoms with Gasteiger partial charge < -0.3 is 5.32 Å². The summed E-state index contributed by atoms with van der Waals surface area (Å²) in [4.78, 5) is 23.1. The van der Waals surface area contributed by atoms with Gasteiger partial charge in [0.1, 0.15) is 17.7 Å². The molecule has 3 heterocycles. The maximum absolute atomic E-state index is 14.5. The first-order valence-corrected chi connectivity index (χ1v) is 12.8. The molecule has 204 valence electrons. The highest BCUT2D eigenvalue weighted by atomic mass is 32.2. The molecule has 0 bridgehead atoms. The van der Waals surface area contributed by atoms with Gasteiger partial charge in [-0.15, -0.1) is 0 Å². The Morgan fingerprint density at radius 1 is 1.13 bits per heavy atom. The molecule has 0 saturated carbocycles. The lowest BCUT2D eigenvalue weighted by molar-refractivity contribution is -0.145. The van der Waals surface area contributed by atoms with E-state index in [2.05, 4.69) is 20.3 Å². The lowest BCUT2D eigenvalue weighted by atomic mass is 10.0. The molecule has 1 aromatic carbocycles. The van der Waals surface area contributed by atoms with E-state index in [1.165, 1.54) is 13.0 Å². The Kier molecular flexibility index (Phi) is 7.62. The van der Waals surface area contributed by atoms with Gasteiger partial charge >= 0.3 is 6.18 Å². The number of rotatable bonds is 6. The molecular weight excluding hydrogens is 547 g/mol. The monoisotopic (exact) mass is 566 g/mol. The molecule has 1 N–H and O–H groups in total. The number of nitrogens with one attached hydrogen (secondary N) is 1.